The van der Waals surface area contributed by atoms with Gasteiger partial charge in [-0.1, -0.05) is 23.2 Å². The van der Waals surface area contributed by atoms with Crippen LogP contribution < -0.4 is 11.1 Å². The average molecular weight is 300 g/mol. The number of benzene rings is 1. The maximum atomic E-state index is 13.0. The molecule has 2 rings (SSSR count). The van der Waals surface area contributed by atoms with Crippen molar-refractivity contribution in [3.8, 4) is 0 Å². The van der Waals surface area contributed by atoms with Gasteiger partial charge in [0, 0.05) is 11.9 Å². The van der Waals surface area contributed by atoms with E-state index in [9.17, 15) is 9.18 Å². The molecule has 1 aromatic carbocycles. The van der Waals surface area contributed by atoms with Gasteiger partial charge in [-0.2, -0.15) is 0 Å². The van der Waals surface area contributed by atoms with Gasteiger partial charge in [0.1, 0.15) is 11.5 Å². The second-order valence-electron chi connectivity index (χ2n) is 3.67. The smallest absolute Gasteiger partial charge is 0.274 e. The fraction of sp³-hybridized carbons (Fsp3) is 0. The molecule has 0 saturated heterocycles. The molecule has 0 fully saturated rings. The number of amides is 1. The first-order chi connectivity index (χ1) is 8.97. The minimum atomic E-state index is -0.588. The van der Waals surface area contributed by atoms with Crippen LogP contribution in [-0.2, 0) is 0 Å². The lowest BCUT2D eigenvalue weighted by molar-refractivity contribution is 0.102. The molecule has 4 nitrogen and oxygen atoms in total. The fourth-order valence-electron chi connectivity index (χ4n) is 1.41. The van der Waals surface area contributed by atoms with Gasteiger partial charge in [-0.15, -0.1) is 0 Å². The minimum Gasteiger partial charge on any atom is -0.399 e. The number of carbonyl (C=O) groups is 1. The monoisotopic (exact) mass is 299 g/mol. The summed E-state index contributed by atoms with van der Waals surface area (Å²) >= 11 is 11.6. The summed E-state index contributed by atoms with van der Waals surface area (Å²) in [7, 11) is 0. The second-order valence-corrected chi connectivity index (χ2v) is 4.49. The predicted octanol–water partition coefficient (Wildman–Crippen LogP) is 3.36. The average Bonchev–Trinajstić information content (AvgIpc) is 2.33. The standard InChI is InChI=1S/C12H8Cl2FN3O/c13-8-3-6(15)4-9(14)11(8)18-12(19)10-5-7(16)1-2-17-10/h1-5H,(H2,16,17)(H,18,19). The van der Waals surface area contributed by atoms with E-state index < -0.39 is 11.7 Å². The molecule has 0 atom stereocenters. The molecule has 0 radical (unpaired) electrons. The first-order valence-electron chi connectivity index (χ1n) is 5.15. The first-order valence-corrected chi connectivity index (χ1v) is 5.90. The number of nitrogens with two attached hydrogens (primary N) is 1. The zero-order valence-electron chi connectivity index (χ0n) is 9.45. The highest BCUT2D eigenvalue weighted by Gasteiger charge is 2.14. The van der Waals surface area contributed by atoms with Gasteiger partial charge in [0.2, 0.25) is 0 Å². The molecular weight excluding hydrogens is 292 g/mol. The van der Waals surface area contributed by atoms with Crippen molar-refractivity contribution in [2.75, 3.05) is 11.1 Å². The third-order valence-corrected chi connectivity index (χ3v) is 2.86. The Morgan fingerprint density at radius 3 is 2.47 bits per heavy atom. The van der Waals surface area contributed by atoms with E-state index in [-0.39, 0.29) is 21.4 Å². The summed E-state index contributed by atoms with van der Waals surface area (Å²) in [4.78, 5) is 15.8. The Balaban J connectivity index is 2.29. The zero-order chi connectivity index (χ0) is 14.0. The number of hydrogen-bond acceptors (Lipinski definition) is 3. The van der Waals surface area contributed by atoms with Gasteiger partial charge in [-0.25, -0.2) is 4.39 Å². The Morgan fingerprint density at radius 2 is 1.89 bits per heavy atom. The number of hydrogen-bond donors (Lipinski definition) is 2. The van der Waals surface area contributed by atoms with Gasteiger partial charge in [0.25, 0.3) is 5.91 Å². The van der Waals surface area contributed by atoms with E-state index in [1.807, 2.05) is 0 Å². The number of nitrogen functional groups attached to an aromatic ring is 1. The van der Waals surface area contributed by atoms with Crippen LogP contribution in [0.3, 0.4) is 0 Å². The number of carbonyl (C=O) groups excluding carboxylic acids is 1. The van der Waals surface area contributed by atoms with Crippen molar-refractivity contribution in [1.29, 1.82) is 0 Å². The molecule has 0 unspecified atom stereocenters. The lowest BCUT2D eigenvalue weighted by atomic mass is 10.2. The summed E-state index contributed by atoms with van der Waals surface area (Å²) in [6.07, 6.45) is 1.40. The highest BCUT2D eigenvalue weighted by atomic mass is 35.5. The molecule has 3 N–H and O–H groups in total. The van der Waals surface area contributed by atoms with Crippen molar-refractivity contribution in [3.63, 3.8) is 0 Å². The maximum Gasteiger partial charge on any atom is 0.274 e. The molecule has 19 heavy (non-hydrogen) atoms. The quantitative estimate of drug-likeness (QED) is 0.893. The summed E-state index contributed by atoms with van der Waals surface area (Å²) in [6, 6.07) is 5.06. The highest BCUT2D eigenvalue weighted by Crippen LogP contribution is 2.31. The van der Waals surface area contributed by atoms with Crippen molar-refractivity contribution >= 4 is 40.5 Å². The molecule has 0 aliphatic rings. The number of nitrogens with one attached hydrogen (secondary N) is 1. The predicted molar refractivity (Wildman–Crippen MR) is 73.0 cm³/mol. The molecule has 0 saturated carbocycles. The van der Waals surface area contributed by atoms with Crippen molar-refractivity contribution in [1.82, 2.24) is 4.98 Å². The minimum absolute atomic E-state index is 0.00209. The number of rotatable bonds is 2. The van der Waals surface area contributed by atoms with Gasteiger partial charge in [0.05, 0.1) is 15.7 Å². The molecule has 98 valence electrons. The SMILES string of the molecule is Nc1ccnc(C(=O)Nc2c(Cl)cc(F)cc2Cl)c1. The summed E-state index contributed by atoms with van der Waals surface area (Å²) in [5.41, 5.74) is 6.18. The Kier molecular flexibility index (Phi) is 3.87. The third-order valence-electron chi connectivity index (χ3n) is 2.26. The van der Waals surface area contributed by atoms with Gasteiger partial charge in [0.15, 0.2) is 0 Å². The first kappa shape index (κ1) is 13.6. The van der Waals surface area contributed by atoms with E-state index in [1.54, 1.807) is 6.07 Å². The number of halogens is 3. The molecule has 7 heteroatoms. The van der Waals surface area contributed by atoms with Crippen molar-refractivity contribution in [2.24, 2.45) is 0 Å². The maximum absolute atomic E-state index is 13.0. The molecule has 0 aliphatic carbocycles. The molecule has 0 aliphatic heterocycles. The normalized spacial score (nSPS) is 10.3. The van der Waals surface area contributed by atoms with E-state index in [0.29, 0.717) is 5.69 Å². The van der Waals surface area contributed by atoms with E-state index in [4.69, 9.17) is 28.9 Å². The number of pyridine rings is 1. The number of aromatic nitrogens is 1. The molecule has 0 bridgehead atoms. The van der Waals surface area contributed by atoms with Crippen LogP contribution >= 0.6 is 23.2 Å². The molecule has 2 aromatic rings. The van der Waals surface area contributed by atoms with Crippen LogP contribution in [0.15, 0.2) is 30.5 Å². The Labute approximate surface area is 118 Å². The lowest BCUT2D eigenvalue weighted by Gasteiger charge is -2.09. The molecule has 1 amide bonds. The van der Waals surface area contributed by atoms with Crippen molar-refractivity contribution in [2.45, 2.75) is 0 Å². The summed E-state index contributed by atoms with van der Waals surface area (Å²) in [5, 5.41) is 2.47. The highest BCUT2D eigenvalue weighted by molar-refractivity contribution is 6.40. The topological polar surface area (TPSA) is 68.0 Å². The van der Waals surface area contributed by atoms with Crippen LogP contribution in [0, 0.1) is 5.82 Å². The van der Waals surface area contributed by atoms with E-state index in [0.717, 1.165) is 12.1 Å². The second kappa shape index (κ2) is 5.42. The van der Waals surface area contributed by atoms with Crippen LogP contribution in [0.2, 0.25) is 10.0 Å². The van der Waals surface area contributed by atoms with Crippen molar-refractivity contribution < 1.29 is 9.18 Å². The summed E-state index contributed by atoms with van der Waals surface area (Å²) in [6.45, 7) is 0. The zero-order valence-corrected chi connectivity index (χ0v) is 11.0. The van der Waals surface area contributed by atoms with Gasteiger partial charge < -0.3 is 11.1 Å². The third kappa shape index (κ3) is 3.13. The van der Waals surface area contributed by atoms with Crippen LogP contribution in [0.5, 0.6) is 0 Å². The lowest BCUT2D eigenvalue weighted by Crippen LogP contribution is -2.14. The molecule has 1 aromatic heterocycles. The Morgan fingerprint density at radius 1 is 1.26 bits per heavy atom. The van der Waals surface area contributed by atoms with E-state index >= 15 is 0 Å². The molecule has 0 spiro atoms. The van der Waals surface area contributed by atoms with Gasteiger partial charge in [-0.05, 0) is 24.3 Å². The summed E-state index contributed by atoms with van der Waals surface area (Å²) < 4.78 is 13.0. The van der Waals surface area contributed by atoms with Gasteiger partial charge in [-0.3, -0.25) is 9.78 Å². The Hall–Kier alpha value is -1.85. The van der Waals surface area contributed by atoms with Gasteiger partial charge >= 0.3 is 0 Å². The largest absolute Gasteiger partial charge is 0.399 e. The molecular formula is C12H8Cl2FN3O. The molecule has 1 heterocycles. The van der Waals surface area contributed by atoms with Crippen molar-refractivity contribution in [3.05, 3.63) is 52.0 Å². The van der Waals surface area contributed by atoms with Crippen LogP contribution in [-0.4, -0.2) is 10.9 Å². The summed E-state index contributed by atoms with van der Waals surface area (Å²) in [5.74, 6) is -1.13. The number of nitrogens with zero attached hydrogens (tertiary/aromatic N) is 1. The van der Waals surface area contributed by atoms with E-state index in [1.165, 1.54) is 12.3 Å². The van der Waals surface area contributed by atoms with E-state index in [2.05, 4.69) is 10.3 Å². The number of anilines is 2. The fourth-order valence-corrected chi connectivity index (χ4v) is 1.97. The van der Waals surface area contributed by atoms with Crippen LogP contribution in [0.1, 0.15) is 10.5 Å². The van der Waals surface area contributed by atoms with Crippen LogP contribution in [0.4, 0.5) is 15.8 Å². The Bertz CT molecular complexity index is 626. The van der Waals surface area contributed by atoms with Crippen LogP contribution in [0.25, 0.3) is 0 Å².